The summed E-state index contributed by atoms with van der Waals surface area (Å²) in [5.74, 6) is 0.959. The summed E-state index contributed by atoms with van der Waals surface area (Å²) in [6.45, 7) is 9.63. The first kappa shape index (κ1) is 9.05. The predicted molar refractivity (Wildman–Crippen MR) is 49.7 cm³/mol. The molecule has 66 valence electrons. The molecule has 0 spiro atoms. The summed E-state index contributed by atoms with van der Waals surface area (Å²) in [6.07, 6.45) is 4.06. The summed E-state index contributed by atoms with van der Waals surface area (Å²) in [4.78, 5) is 2.63. The first-order chi connectivity index (χ1) is 5.27. The molecular weight excluding hydrogens is 134 g/mol. The summed E-state index contributed by atoms with van der Waals surface area (Å²) < 4.78 is 0. The van der Waals surface area contributed by atoms with Crippen molar-refractivity contribution in [3.8, 4) is 0 Å². The summed E-state index contributed by atoms with van der Waals surface area (Å²) in [6, 6.07) is 0.885. The summed E-state index contributed by atoms with van der Waals surface area (Å²) >= 11 is 0. The molecule has 0 radical (unpaired) electrons. The Morgan fingerprint density at radius 2 is 2.00 bits per heavy atom. The lowest BCUT2D eigenvalue weighted by atomic mass is 9.96. The van der Waals surface area contributed by atoms with E-state index in [2.05, 4.69) is 25.7 Å². The lowest BCUT2D eigenvalue weighted by molar-refractivity contribution is 0.0556. The van der Waals surface area contributed by atoms with Gasteiger partial charge in [-0.2, -0.15) is 0 Å². The van der Waals surface area contributed by atoms with Crippen molar-refractivity contribution in [2.75, 3.05) is 13.1 Å². The van der Waals surface area contributed by atoms with Crippen LogP contribution >= 0.6 is 0 Å². The molecule has 1 aliphatic rings. The number of rotatable bonds is 4. The van der Waals surface area contributed by atoms with Gasteiger partial charge in [0.1, 0.15) is 0 Å². The van der Waals surface area contributed by atoms with Crippen LogP contribution < -0.4 is 0 Å². The molecule has 0 aliphatic carbocycles. The van der Waals surface area contributed by atoms with Crippen molar-refractivity contribution in [2.45, 2.75) is 46.1 Å². The van der Waals surface area contributed by atoms with E-state index in [4.69, 9.17) is 0 Å². The minimum absolute atomic E-state index is 0.885. The molecule has 0 saturated carbocycles. The SMILES string of the molecule is CCCC(CC)N1CC(C)C1. The zero-order chi connectivity index (χ0) is 8.27. The Bertz CT molecular complexity index is 105. The van der Waals surface area contributed by atoms with E-state index in [1.54, 1.807) is 0 Å². The Balaban J connectivity index is 2.20. The van der Waals surface area contributed by atoms with Gasteiger partial charge in [-0.25, -0.2) is 0 Å². The number of nitrogens with zero attached hydrogens (tertiary/aromatic N) is 1. The smallest absolute Gasteiger partial charge is 0.00927 e. The van der Waals surface area contributed by atoms with E-state index in [1.807, 2.05) is 0 Å². The Morgan fingerprint density at radius 1 is 1.36 bits per heavy atom. The Kier molecular flexibility index (Phi) is 3.38. The van der Waals surface area contributed by atoms with Gasteiger partial charge in [-0.1, -0.05) is 27.2 Å². The standard InChI is InChI=1S/C10H21N/c1-4-6-10(5-2)11-7-9(3)8-11/h9-10H,4-8H2,1-3H3. The van der Waals surface area contributed by atoms with Crippen LogP contribution in [0.1, 0.15) is 40.0 Å². The van der Waals surface area contributed by atoms with E-state index in [0.717, 1.165) is 12.0 Å². The van der Waals surface area contributed by atoms with Crippen molar-refractivity contribution in [2.24, 2.45) is 5.92 Å². The minimum atomic E-state index is 0.885. The molecule has 1 fully saturated rings. The maximum absolute atomic E-state index is 2.63. The third-order valence-electron chi connectivity index (χ3n) is 2.70. The van der Waals surface area contributed by atoms with E-state index in [9.17, 15) is 0 Å². The first-order valence-electron chi connectivity index (χ1n) is 5.02. The van der Waals surface area contributed by atoms with Gasteiger partial charge in [0.2, 0.25) is 0 Å². The van der Waals surface area contributed by atoms with E-state index in [0.29, 0.717) is 0 Å². The van der Waals surface area contributed by atoms with Crippen LogP contribution in [-0.2, 0) is 0 Å². The monoisotopic (exact) mass is 155 g/mol. The van der Waals surface area contributed by atoms with E-state index in [-0.39, 0.29) is 0 Å². The van der Waals surface area contributed by atoms with Crippen LogP contribution in [0.2, 0.25) is 0 Å². The zero-order valence-electron chi connectivity index (χ0n) is 8.14. The fraction of sp³-hybridized carbons (Fsp3) is 1.00. The highest BCUT2D eigenvalue weighted by Gasteiger charge is 2.27. The molecule has 0 N–H and O–H groups in total. The maximum atomic E-state index is 2.63. The molecular formula is C10H21N. The maximum Gasteiger partial charge on any atom is 0.00927 e. The molecule has 1 heteroatoms. The van der Waals surface area contributed by atoms with Gasteiger partial charge in [-0.3, -0.25) is 4.90 Å². The lowest BCUT2D eigenvalue weighted by Crippen LogP contribution is -2.50. The average molecular weight is 155 g/mol. The van der Waals surface area contributed by atoms with Gasteiger partial charge >= 0.3 is 0 Å². The van der Waals surface area contributed by atoms with E-state index in [1.165, 1.54) is 32.4 Å². The first-order valence-corrected chi connectivity index (χ1v) is 5.02. The van der Waals surface area contributed by atoms with Crippen molar-refractivity contribution in [1.82, 2.24) is 4.90 Å². The van der Waals surface area contributed by atoms with Crippen LogP contribution in [0.15, 0.2) is 0 Å². The molecule has 1 nitrogen and oxygen atoms in total. The highest BCUT2D eigenvalue weighted by molar-refractivity contribution is 4.81. The van der Waals surface area contributed by atoms with Crippen LogP contribution in [0.4, 0.5) is 0 Å². The molecule has 1 atom stereocenters. The Hall–Kier alpha value is -0.0400. The second-order valence-electron chi connectivity index (χ2n) is 3.91. The molecule has 1 saturated heterocycles. The zero-order valence-corrected chi connectivity index (χ0v) is 8.14. The van der Waals surface area contributed by atoms with Gasteiger partial charge in [0.05, 0.1) is 0 Å². The second-order valence-corrected chi connectivity index (χ2v) is 3.91. The minimum Gasteiger partial charge on any atom is -0.300 e. The highest BCUT2D eigenvalue weighted by Crippen LogP contribution is 2.21. The van der Waals surface area contributed by atoms with Crippen molar-refractivity contribution in [3.05, 3.63) is 0 Å². The Morgan fingerprint density at radius 3 is 2.36 bits per heavy atom. The second kappa shape index (κ2) is 4.10. The molecule has 0 aromatic carbocycles. The van der Waals surface area contributed by atoms with Gasteiger partial charge in [0.15, 0.2) is 0 Å². The molecule has 0 aromatic rings. The molecule has 0 amide bonds. The van der Waals surface area contributed by atoms with Crippen LogP contribution in [0, 0.1) is 5.92 Å². The number of likely N-dealkylation sites (tertiary alicyclic amines) is 1. The molecule has 0 aromatic heterocycles. The van der Waals surface area contributed by atoms with Crippen LogP contribution in [0.25, 0.3) is 0 Å². The quantitative estimate of drug-likeness (QED) is 0.603. The van der Waals surface area contributed by atoms with Gasteiger partial charge in [0.25, 0.3) is 0 Å². The Labute approximate surface area is 70.8 Å². The topological polar surface area (TPSA) is 3.24 Å². The fourth-order valence-electron chi connectivity index (χ4n) is 2.02. The third-order valence-corrected chi connectivity index (χ3v) is 2.70. The molecule has 0 bridgehead atoms. The molecule has 1 rings (SSSR count). The van der Waals surface area contributed by atoms with Crippen molar-refractivity contribution in [1.29, 1.82) is 0 Å². The molecule has 11 heavy (non-hydrogen) atoms. The van der Waals surface area contributed by atoms with Crippen LogP contribution in [0.3, 0.4) is 0 Å². The molecule has 1 unspecified atom stereocenters. The fourth-order valence-corrected chi connectivity index (χ4v) is 2.02. The van der Waals surface area contributed by atoms with Gasteiger partial charge < -0.3 is 0 Å². The largest absolute Gasteiger partial charge is 0.300 e. The normalized spacial score (nSPS) is 23.2. The molecule has 1 aliphatic heterocycles. The van der Waals surface area contributed by atoms with Crippen LogP contribution in [0.5, 0.6) is 0 Å². The van der Waals surface area contributed by atoms with Crippen LogP contribution in [-0.4, -0.2) is 24.0 Å². The van der Waals surface area contributed by atoms with Gasteiger partial charge in [0, 0.05) is 19.1 Å². The van der Waals surface area contributed by atoms with Crippen molar-refractivity contribution >= 4 is 0 Å². The average Bonchev–Trinajstić information content (AvgIpc) is 1.95. The molecule has 1 heterocycles. The van der Waals surface area contributed by atoms with E-state index < -0.39 is 0 Å². The highest BCUT2D eigenvalue weighted by atomic mass is 15.2. The number of hydrogen-bond donors (Lipinski definition) is 0. The summed E-state index contributed by atoms with van der Waals surface area (Å²) in [7, 11) is 0. The lowest BCUT2D eigenvalue weighted by Gasteiger charge is -2.42. The van der Waals surface area contributed by atoms with E-state index >= 15 is 0 Å². The predicted octanol–water partition coefficient (Wildman–Crippen LogP) is 2.52. The summed E-state index contributed by atoms with van der Waals surface area (Å²) in [5.41, 5.74) is 0. The van der Waals surface area contributed by atoms with Crippen molar-refractivity contribution < 1.29 is 0 Å². The third kappa shape index (κ3) is 2.19. The van der Waals surface area contributed by atoms with Gasteiger partial charge in [-0.05, 0) is 18.8 Å². The van der Waals surface area contributed by atoms with Crippen molar-refractivity contribution in [3.63, 3.8) is 0 Å². The summed E-state index contributed by atoms with van der Waals surface area (Å²) in [5, 5.41) is 0. The van der Waals surface area contributed by atoms with Gasteiger partial charge in [-0.15, -0.1) is 0 Å². The number of hydrogen-bond acceptors (Lipinski definition) is 1.